The maximum atomic E-state index is 12.1. The summed E-state index contributed by atoms with van der Waals surface area (Å²) in [5.74, 6) is -0.223. The number of amides is 1. The second kappa shape index (κ2) is 17.9. The molecule has 2 N–H and O–H groups in total. The molecule has 0 bridgehead atoms. The molecule has 32 heavy (non-hydrogen) atoms. The van der Waals surface area contributed by atoms with Crippen LogP contribution in [0.15, 0.2) is 0 Å². The number of rotatable bonds is 21. The molecule has 0 saturated heterocycles. The van der Waals surface area contributed by atoms with Crippen LogP contribution in [0.5, 0.6) is 0 Å². The fourth-order valence-corrected chi connectivity index (χ4v) is 3.98. The van der Waals surface area contributed by atoms with Gasteiger partial charge in [-0.2, -0.15) is 0 Å². The number of quaternary nitrogens is 1. The highest BCUT2D eigenvalue weighted by Gasteiger charge is 2.24. The predicted octanol–water partition coefficient (Wildman–Crippen LogP) is 3.76. The summed E-state index contributed by atoms with van der Waals surface area (Å²) in [4.78, 5) is 24.1. The number of carbonyl (C=O) groups excluding carboxylic acids is 1. The molecule has 9 heteroatoms. The lowest BCUT2D eigenvalue weighted by molar-refractivity contribution is -0.870. The highest BCUT2D eigenvalue weighted by Crippen LogP contribution is 2.38. The number of unbranched alkanes of at least 4 members (excludes halogenated alkanes) is 8. The normalized spacial score (nSPS) is 15.8. The van der Waals surface area contributed by atoms with E-state index >= 15 is 0 Å². The lowest BCUT2D eigenvalue weighted by Crippen LogP contribution is -2.46. The molecule has 0 saturated carbocycles. The molecule has 0 aromatic rings. The summed E-state index contributed by atoms with van der Waals surface area (Å²) >= 11 is 0. The molecule has 0 heterocycles. The first-order valence-corrected chi connectivity index (χ1v) is 13.8. The van der Waals surface area contributed by atoms with E-state index < -0.39 is 20.0 Å². The van der Waals surface area contributed by atoms with Crippen molar-refractivity contribution in [3.8, 4) is 0 Å². The van der Waals surface area contributed by atoms with Gasteiger partial charge in [-0.25, -0.2) is 0 Å². The molecule has 3 atom stereocenters. The summed E-state index contributed by atoms with van der Waals surface area (Å²) in [6, 6.07) is -0.785. The van der Waals surface area contributed by atoms with Crippen molar-refractivity contribution >= 4 is 13.7 Å². The Bertz CT molecular complexity index is 527. The Morgan fingerprint density at radius 3 is 2.06 bits per heavy atom. The quantitative estimate of drug-likeness (QED) is 0.147. The average molecular weight is 481 g/mol. The molecular formula is C23H49N2O6P. The van der Waals surface area contributed by atoms with E-state index in [0.717, 1.165) is 19.3 Å². The van der Waals surface area contributed by atoms with E-state index in [1.165, 1.54) is 38.5 Å². The highest BCUT2D eigenvalue weighted by molar-refractivity contribution is 7.45. The van der Waals surface area contributed by atoms with E-state index in [4.69, 9.17) is 9.05 Å². The molecule has 0 aromatic heterocycles. The third kappa shape index (κ3) is 19.0. The van der Waals surface area contributed by atoms with Gasteiger partial charge in [0, 0.05) is 6.42 Å². The van der Waals surface area contributed by atoms with Crippen LogP contribution in [-0.2, 0) is 18.4 Å². The van der Waals surface area contributed by atoms with Crippen molar-refractivity contribution in [2.75, 3.05) is 40.9 Å². The molecule has 0 spiro atoms. The number of likely N-dealkylation sites (N-methyl/N-ethyl adjacent to an activating group) is 1. The van der Waals surface area contributed by atoms with E-state index in [1.807, 2.05) is 28.1 Å². The molecule has 3 unspecified atom stereocenters. The van der Waals surface area contributed by atoms with Crippen LogP contribution in [0, 0.1) is 0 Å². The zero-order valence-electron chi connectivity index (χ0n) is 21.1. The Kier molecular flexibility index (Phi) is 17.6. The van der Waals surface area contributed by atoms with Crippen molar-refractivity contribution < 1.29 is 32.9 Å². The summed E-state index contributed by atoms with van der Waals surface area (Å²) in [6.45, 7) is 4.28. The van der Waals surface area contributed by atoms with E-state index in [2.05, 4.69) is 12.2 Å². The fourth-order valence-electron chi connectivity index (χ4n) is 3.26. The van der Waals surface area contributed by atoms with Crippen LogP contribution >= 0.6 is 7.82 Å². The Labute approximate surface area is 196 Å². The largest absolute Gasteiger partial charge is 0.756 e. The Morgan fingerprint density at radius 2 is 1.53 bits per heavy atom. The zero-order valence-corrected chi connectivity index (χ0v) is 22.0. The molecule has 1 amide bonds. The summed E-state index contributed by atoms with van der Waals surface area (Å²) in [5, 5.41) is 13.3. The number of hydrogen-bond donors (Lipinski definition) is 2. The van der Waals surface area contributed by atoms with Gasteiger partial charge in [-0.15, -0.1) is 0 Å². The minimum atomic E-state index is -4.51. The van der Waals surface area contributed by atoms with Gasteiger partial charge in [0.25, 0.3) is 7.82 Å². The Hall–Kier alpha value is -0.500. The first kappa shape index (κ1) is 31.5. The maximum absolute atomic E-state index is 12.1. The summed E-state index contributed by atoms with van der Waals surface area (Å²) in [6.07, 6.45) is 11.1. The predicted molar refractivity (Wildman–Crippen MR) is 127 cm³/mol. The fraction of sp³-hybridized carbons (Fsp3) is 0.957. The molecule has 0 radical (unpaired) electrons. The number of phosphoric ester groups is 1. The number of aliphatic hydroxyl groups excluding tert-OH is 1. The lowest BCUT2D eigenvalue weighted by atomic mass is 10.0. The van der Waals surface area contributed by atoms with Gasteiger partial charge < -0.3 is 28.8 Å². The molecule has 0 aliphatic carbocycles. The number of nitrogens with zero attached hydrogens (tertiary/aromatic N) is 1. The Morgan fingerprint density at radius 1 is 0.969 bits per heavy atom. The topological polar surface area (TPSA) is 108 Å². The van der Waals surface area contributed by atoms with Crippen molar-refractivity contribution in [2.45, 2.75) is 103 Å². The highest BCUT2D eigenvalue weighted by atomic mass is 31.2. The lowest BCUT2D eigenvalue weighted by Gasteiger charge is -2.30. The van der Waals surface area contributed by atoms with E-state index in [0.29, 0.717) is 30.3 Å². The van der Waals surface area contributed by atoms with Gasteiger partial charge in [-0.1, -0.05) is 71.6 Å². The number of carbonyl (C=O) groups is 1. The monoisotopic (exact) mass is 480 g/mol. The average Bonchev–Trinajstić information content (AvgIpc) is 2.68. The SMILES string of the molecule is CCCCCCCCCCCC(O)C(COP(=O)([O-])OCC[N+](C)(C)C)NC(=O)CCC. The zero-order chi connectivity index (χ0) is 24.5. The van der Waals surface area contributed by atoms with Crippen LogP contribution in [0.3, 0.4) is 0 Å². The number of aliphatic hydroxyl groups is 1. The molecule has 0 fully saturated rings. The van der Waals surface area contributed by atoms with Crippen molar-refractivity contribution in [1.29, 1.82) is 0 Å². The van der Waals surface area contributed by atoms with E-state index in [1.54, 1.807) is 0 Å². The third-order valence-corrected chi connectivity index (χ3v) is 6.28. The van der Waals surface area contributed by atoms with Gasteiger partial charge in [-0.3, -0.25) is 9.36 Å². The van der Waals surface area contributed by atoms with Crippen LogP contribution < -0.4 is 10.2 Å². The second-order valence-corrected chi connectivity index (χ2v) is 11.1. The summed E-state index contributed by atoms with van der Waals surface area (Å²) < 4.78 is 22.5. The molecule has 0 aliphatic rings. The van der Waals surface area contributed by atoms with Crippen LogP contribution in [0.1, 0.15) is 90.9 Å². The van der Waals surface area contributed by atoms with Crippen molar-refractivity contribution in [3.05, 3.63) is 0 Å². The summed E-state index contributed by atoms with van der Waals surface area (Å²) in [5.41, 5.74) is 0. The third-order valence-electron chi connectivity index (χ3n) is 5.32. The van der Waals surface area contributed by atoms with E-state index in [9.17, 15) is 19.4 Å². The molecule has 0 aliphatic heterocycles. The molecule has 8 nitrogen and oxygen atoms in total. The van der Waals surface area contributed by atoms with Crippen LogP contribution in [0.25, 0.3) is 0 Å². The van der Waals surface area contributed by atoms with Gasteiger partial charge in [0.05, 0.1) is 39.9 Å². The van der Waals surface area contributed by atoms with Crippen LogP contribution in [0.2, 0.25) is 0 Å². The van der Waals surface area contributed by atoms with Crippen LogP contribution in [-0.4, -0.2) is 68.5 Å². The second-order valence-electron chi connectivity index (χ2n) is 9.70. The van der Waals surface area contributed by atoms with Gasteiger partial charge in [0.1, 0.15) is 13.2 Å². The standard InChI is InChI=1S/C23H49N2O6P/c1-6-8-9-10-11-12-13-14-15-17-22(26)21(24-23(27)16-7-2)20-31-32(28,29)30-19-18-25(3,4)5/h21-22,26H,6-20H2,1-5H3,(H-,24,27,28,29). The van der Waals surface area contributed by atoms with Crippen molar-refractivity contribution in [1.82, 2.24) is 5.32 Å². The number of phosphoric acid groups is 1. The molecular weight excluding hydrogens is 431 g/mol. The molecule has 0 rings (SSSR count). The van der Waals surface area contributed by atoms with Crippen LogP contribution in [0.4, 0.5) is 0 Å². The summed E-state index contributed by atoms with van der Waals surface area (Å²) in [7, 11) is 1.29. The van der Waals surface area contributed by atoms with Gasteiger partial charge in [0.15, 0.2) is 0 Å². The van der Waals surface area contributed by atoms with E-state index in [-0.39, 0.29) is 19.1 Å². The number of nitrogens with one attached hydrogen (secondary N) is 1. The van der Waals surface area contributed by atoms with Gasteiger partial charge in [0.2, 0.25) is 5.91 Å². The molecule has 0 aromatic carbocycles. The first-order chi connectivity index (χ1) is 15.0. The van der Waals surface area contributed by atoms with Gasteiger partial charge >= 0.3 is 0 Å². The smallest absolute Gasteiger partial charge is 0.268 e. The maximum Gasteiger partial charge on any atom is 0.268 e. The van der Waals surface area contributed by atoms with Crippen molar-refractivity contribution in [2.24, 2.45) is 0 Å². The van der Waals surface area contributed by atoms with Crippen molar-refractivity contribution in [3.63, 3.8) is 0 Å². The first-order valence-electron chi connectivity index (χ1n) is 12.4. The van der Waals surface area contributed by atoms with Gasteiger partial charge in [-0.05, 0) is 12.8 Å². The number of hydrogen-bond acceptors (Lipinski definition) is 6. The minimum Gasteiger partial charge on any atom is -0.756 e. The Balaban J connectivity index is 4.44. The molecule has 192 valence electrons. The minimum absolute atomic E-state index is 0.0120.